The second kappa shape index (κ2) is 5.17. The first-order valence-corrected chi connectivity index (χ1v) is 6.31. The van der Waals surface area contributed by atoms with Crippen molar-refractivity contribution >= 4 is 5.91 Å². The second-order valence-corrected chi connectivity index (χ2v) is 5.91. The molecular formula is C13H26N2O. The van der Waals surface area contributed by atoms with E-state index in [1.807, 2.05) is 19.0 Å². The van der Waals surface area contributed by atoms with Gasteiger partial charge in [-0.3, -0.25) is 4.79 Å². The van der Waals surface area contributed by atoms with E-state index in [9.17, 15) is 4.79 Å². The summed E-state index contributed by atoms with van der Waals surface area (Å²) in [5.74, 6) is 0.566. The van der Waals surface area contributed by atoms with Crippen molar-refractivity contribution in [3.63, 3.8) is 0 Å². The van der Waals surface area contributed by atoms with Gasteiger partial charge in [-0.25, -0.2) is 0 Å². The van der Waals surface area contributed by atoms with Crippen molar-refractivity contribution < 1.29 is 4.79 Å². The molecule has 0 bridgehead atoms. The third-order valence-corrected chi connectivity index (χ3v) is 3.82. The highest BCUT2D eigenvalue weighted by Crippen LogP contribution is 2.27. The Hall–Kier alpha value is -0.570. The molecule has 0 aromatic heterocycles. The van der Waals surface area contributed by atoms with Crippen LogP contribution in [0.25, 0.3) is 0 Å². The highest BCUT2D eigenvalue weighted by molar-refractivity contribution is 5.79. The normalized spacial score (nSPS) is 26.6. The van der Waals surface area contributed by atoms with E-state index >= 15 is 0 Å². The van der Waals surface area contributed by atoms with E-state index in [0.717, 1.165) is 25.7 Å². The molecule has 0 heterocycles. The van der Waals surface area contributed by atoms with Crippen molar-refractivity contribution in [3.8, 4) is 0 Å². The zero-order valence-electron chi connectivity index (χ0n) is 11.3. The summed E-state index contributed by atoms with van der Waals surface area (Å²) in [5.41, 5.74) is -0.0586. The molecule has 0 unspecified atom stereocenters. The van der Waals surface area contributed by atoms with Crippen LogP contribution < -0.4 is 5.32 Å². The van der Waals surface area contributed by atoms with E-state index in [-0.39, 0.29) is 11.5 Å². The van der Waals surface area contributed by atoms with Crippen LogP contribution in [-0.4, -0.2) is 36.5 Å². The molecule has 3 nitrogen and oxygen atoms in total. The van der Waals surface area contributed by atoms with Crippen LogP contribution in [0.2, 0.25) is 0 Å². The zero-order valence-corrected chi connectivity index (χ0v) is 11.3. The van der Waals surface area contributed by atoms with Gasteiger partial charge < -0.3 is 10.2 Å². The molecule has 1 amide bonds. The number of hydrogen-bond acceptors (Lipinski definition) is 2. The Morgan fingerprint density at radius 1 is 1.19 bits per heavy atom. The van der Waals surface area contributed by atoms with E-state index in [0.29, 0.717) is 11.9 Å². The van der Waals surface area contributed by atoms with Gasteiger partial charge in [-0.05, 0) is 53.5 Å². The summed E-state index contributed by atoms with van der Waals surface area (Å²) in [7, 11) is 3.93. The number of amides is 1. The Labute approximate surface area is 99.6 Å². The molecule has 16 heavy (non-hydrogen) atoms. The molecule has 1 aliphatic rings. The minimum atomic E-state index is -0.0586. The molecule has 94 valence electrons. The van der Waals surface area contributed by atoms with Crippen molar-refractivity contribution in [2.24, 2.45) is 5.92 Å². The Morgan fingerprint density at radius 2 is 1.69 bits per heavy atom. The first-order chi connectivity index (χ1) is 7.36. The topological polar surface area (TPSA) is 32.3 Å². The predicted octanol–water partition coefficient (Wildman–Crippen LogP) is 2.02. The van der Waals surface area contributed by atoms with Gasteiger partial charge >= 0.3 is 0 Å². The first kappa shape index (κ1) is 13.5. The lowest BCUT2D eigenvalue weighted by molar-refractivity contribution is -0.139. The fraction of sp³-hybridized carbons (Fsp3) is 0.923. The molecule has 0 atom stereocenters. The minimum Gasteiger partial charge on any atom is -0.341 e. The molecule has 0 radical (unpaired) electrons. The van der Waals surface area contributed by atoms with Crippen LogP contribution in [0.3, 0.4) is 0 Å². The van der Waals surface area contributed by atoms with E-state index < -0.39 is 0 Å². The number of nitrogens with zero attached hydrogens (tertiary/aromatic N) is 1. The van der Waals surface area contributed by atoms with E-state index in [4.69, 9.17) is 0 Å². The minimum absolute atomic E-state index is 0.0586. The van der Waals surface area contributed by atoms with Gasteiger partial charge in [-0.2, -0.15) is 0 Å². The summed E-state index contributed by atoms with van der Waals surface area (Å²) in [6.07, 6.45) is 4.32. The van der Waals surface area contributed by atoms with Crippen LogP contribution in [0.1, 0.15) is 46.5 Å². The average molecular weight is 226 g/mol. The predicted molar refractivity (Wildman–Crippen MR) is 67.3 cm³/mol. The monoisotopic (exact) mass is 226 g/mol. The standard InChI is InChI=1S/C13H26N2O/c1-13(2,3)15(5)12(16)10-6-8-11(14-4)9-7-10/h10-11,14H,6-9H2,1-5H3. The second-order valence-electron chi connectivity index (χ2n) is 5.91. The van der Waals surface area contributed by atoms with Crippen molar-refractivity contribution in [2.45, 2.75) is 58.0 Å². The fourth-order valence-corrected chi connectivity index (χ4v) is 2.23. The Morgan fingerprint density at radius 3 is 2.06 bits per heavy atom. The summed E-state index contributed by atoms with van der Waals surface area (Å²) in [4.78, 5) is 14.1. The van der Waals surface area contributed by atoms with Crippen molar-refractivity contribution in [1.82, 2.24) is 10.2 Å². The van der Waals surface area contributed by atoms with E-state index in [2.05, 4.69) is 26.1 Å². The van der Waals surface area contributed by atoms with Gasteiger partial charge in [0.2, 0.25) is 5.91 Å². The van der Waals surface area contributed by atoms with Crippen molar-refractivity contribution in [1.29, 1.82) is 0 Å². The first-order valence-electron chi connectivity index (χ1n) is 6.31. The lowest BCUT2D eigenvalue weighted by Gasteiger charge is -2.37. The van der Waals surface area contributed by atoms with Crippen LogP contribution in [0.4, 0.5) is 0 Å². The maximum Gasteiger partial charge on any atom is 0.225 e. The zero-order chi connectivity index (χ0) is 12.3. The molecule has 1 aliphatic carbocycles. The van der Waals surface area contributed by atoms with Gasteiger partial charge in [-0.15, -0.1) is 0 Å². The molecule has 0 aromatic rings. The van der Waals surface area contributed by atoms with Gasteiger partial charge in [0.15, 0.2) is 0 Å². The lowest BCUT2D eigenvalue weighted by atomic mass is 9.84. The van der Waals surface area contributed by atoms with E-state index in [1.54, 1.807) is 0 Å². The number of rotatable bonds is 2. The van der Waals surface area contributed by atoms with Crippen molar-refractivity contribution in [3.05, 3.63) is 0 Å². The highest BCUT2D eigenvalue weighted by atomic mass is 16.2. The molecule has 0 aromatic carbocycles. The quantitative estimate of drug-likeness (QED) is 0.781. The molecule has 0 spiro atoms. The smallest absolute Gasteiger partial charge is 0.225 e. The van der Waals surface area contributed by atoms with Crippen molar-refractivity contribution in [2.75, 3.05) is 14.1 Å². The van der Waals surface area contributed by atoms with Gasteiger partial charge in [0.05, 0.1) is 0 Å². The Kier molecular flexibility index (Phi) is 4.36. The molecule has 0 aliphatic heterocycles. The van der Waals surface area contributed by atoms with Gasteiger partial charge in [-0.1, -0.05) is 0 Å². The summed E-state index contributed by atoms with van der Waals surface area (Å²) in [6, 6.07) is 0.615. The number of carbonyl (C=O) groups is 1. The molecule has 0 saturated heterocycles. The lowest BCUT2D eigenvalue weighted by Crippen LogP contribution is -2.46. The molecular weight excluding hydrogens is 200 g/mol. The summed E-state index contributed by atoms with van der Waals surface area (Å²) in [5, 5.41) is 3.30. The largest absolute Gasteiger partial charge is 0.341 e. The highest BCUT2D eigenvalue weighted by Gasteiger charge is 2.31. The summed E-state index contributed by atoms with van der Waals surface area (Å²) < 4.78 is 0. The summed E-state index contributed by atoms with van der Waals surface area (Å²) in [6.45, 7) is 6.26. The van der Waals surface area contributed by atoms with E-state index in [1.165, 1.54) is 0 Å². The molecule has 3 heteroatoms. The third kappa shape index (κ3) is 3.21. The van der Waals surface area contributed by atoms with Crippen LogP contribution in [0.5, 0.6) is 0 Å². The van der Waals surface area contributed by atoms with Gasteiger partial charge in [0.1, 0.15) is 0 Å². The Balaban J connectivity index is 2.51. The number of nitrogens with one attached hydrogen (secondary N) is 1. The van der Waals surface area contributed by atoms with Gasteiger partial charge in [0, 0.05) is 24.5 Å². The SMILES string of the molecule is CNC1CCC(C(=O)N(C)C(C)(C)C)CC1. The third-order valence-electron chi connectivity index (χ3n) is 3.82. The van der Waals surface area contributed by atoms with Crippen LogP contribution >= 0.6 is 0 Å². The molecule has 1 rings (SSSR count). The van der Waals surface area contributed by atoms with Crippen LogP contribution in [0.15, 0.2) is 0 Å². The number of hydrogen-bond donors (Lipinski definition) is 1. The number of carbonyl (C=O) groups excluding carboxylic acids is 1. The average Bonchev–Trinajstić information content (AvgIpc) is 2.26. The fourth-order valence-electron chi connectivity index (χ4n) is 2.23. The Bertz CT molecular complexity index is 237. The molecule has 1 saturated carbocycles. The molecule has 1 N–H and O–H groups in total. The van der Waals surface area contributed by atoms with Crippen LogP contribution in [0, 0.1) is 5.92 Å². The van der Waals surface area contributed by atoms with Crippen LogP contribution in [-0.2, 0) is 4.79 Å². The maximum atomic E-state index is 12.2. The molecule has 1 fully saturated rings. The maximum absolute atomic E-state index is 12.2. The summed E-state index contributed by atoms with van der Waals surface area (Å²) >= 11 is 0. The van der Waals surface area contributed by atoms with Gasteiger partial charge in [0.25, 0.3) is 0 Å².